The van der Waals surface area contributed by atoms with Gasteiger partial charge in [-0.25, -0.2) is 5.01 Å². The van der Waals surface area contributed by atoms with E-state index in [1.165, 1.54) is 0 Å². The fraction of sp³-hybridized carbons (Fsp3) is 0.174. The largest absolute Gasteiger partial charge is 0.497 e. The molecule has 0 saturated carbocycles. The fourth-order valence-electron chi connectivity index (χ4n) is 3.86. The Morgan fingerprint density at radius 2 is 1.83 bits per heavy atom. The van der Waals surface area contributed by atoms with Gasteiger partial charge in [-0.1, -0.05) is 39.7 Å². The number of halogens is 2. The van der Waals surface area contributed by atoms with Gasteiger partial charge in [-0.15, -0.1) is 0 Å². The second kappa shape index (κ2) is 7.39. The van der Waals surface area contributed by atoms with Crippen LogP contribution in [0, 0.1) is 0 Å². The first-order valence-corrected chi connectivity index (χ1v) is 10.5. The van der Waals surface area contributed by atoms with E-state index in [0.29, 0.717) is 5.02 Å². The molecule has 2 atom stereocenters. The minimum atomic E-state index is -0.312. The quantitative estimate of drug-likeness (QED) is 0.448. The number of methoxy groups -OCH3 is 1. The normalized spacial score (nSPS) is 19.8. The Hall–Kier alpha value is -2.50. The predicted molar refractivity (Wildman–Crippen MR) is 118 cm³/mol. The Morgan fingerprint density at radius 1 is 1.07 bits per heavy atom. The zero-order valence-corrected chi connectivity index (χ0v) is 18.0. The van der Waals surface area contributed by atoms with Crippen molar-refractivity contribution in [2.75, 3.05) is 7.11 Å². The van der Waals surface area contributed by atoms with Gasteiger partial charge in [0, 0.05) is 27.0 Å². The third-order valence-electron chi connectivity index (χ3n) is 5.33. The molecule has 0 N–H and O–H groups in total. The van der Waals surface area contributed by atoms with Gasteiger partial charge in [-0.05, 0) is 60.2 Å². The van der Waals surface area contributed by atoms with E-state index >= 15 is 0 Å². The van der Waals surface area contributed by atoms with Crippen LogP contribution in [0.4, 0.5) is 0 Å². The number of rotatable bonds is 3. The molecule has 0 aromatic heterocycles. The van der Waals surface area contributed by atoms with Crippen LogP contribution >= 0.6 is 27.5 Å². The second-order valence-corrected chi connectivity index (χ2v) is 8.43. The van der Waals surface area contributed by atoms with Crippen LogP contribution in [0.2, 0.25) is 5.02 Å². The number of ether oxygens (including phenoxy) is 2. The highest BCUT2D eigenvalue weighted by Crippen LogP contribution is 2.48. The van der Waals surface area contributed by atoms with Crippen LogP contribution in [0.3, 0.4) is 0 Å². The lowest BCUT2D eigenvalue weighted by molar-refractivity contribution is -0.0190. The summed E-state index contributed by atoms with van der Waals surface area (Å²) in [4.78, 5) is 0. The summed E-state index contributed by atoms with van der Waals surface area (Å²) >= 11 is 9.80. The van der Waals surface area contributed by atoms with Crippen LogP contribution in [0.1, 0.15) is 35.4 Å². The molecule has 29 heavy (non-hydrogen) atoms. The number of hydrogen-bond acceptors (Lipinski definition) is 4. The summed E-state index contributed by atoms with van der Waals surface area (Å²) in [5.74, 6) is 1.66. The van der Waals surface area contributed by atoms with Gasteiger partial charge in [0.15, 0.2) is 0 Å². The number of fused-ring (bicyclic) bond motifs is 3. The Balaban J connectivity index is 1.58. The fourth-order valence-corrected chi connectivity index (χ4v) is 4.31. The molecule has 0 unspecified atom stereocenters. The lowest BCUT2D eigenvalue weighted by atomic mass is 9.96. The summed E-state index contributed by atoms with van der Waals surface area (Å²) < 4.78 is 12.7. The molecule has 3 aromatic rings. The molecular weight excluding hydrogens is 452 g/mol. The lowest BCUT2D eigenvalue weighted by Gasteiger charge is -2.38. The van der Waals surface area contributed by atoms with Crippen LogP contribution in [-0.4, -0.2) is 17.8 Å². The Bertz CT molecular complexity index is 1080. The number of nitrogens with zero attached hydrogens (tertiary/aromatic N) is 2. The van der Waals surface area contributed by atoms with Crippen molar-refractivity contribution in [3.8, 4) is 11.5 Å². The molecule has 5 rings (SSSR count). The topological polar surface area (TPSA) is 34.1 Å². The summed E-state index contributed by atoms with van der Waals surface area (Å²) in [5, 5.41) is 7.73. The van der Waals surface area contributed by atoms with E-state index in [1.54, 1.807) is 7.11 Å². The summed E-state index contributed by atoms with van der Waals surface area (Å²) in [7, 11) is 1.66. The van der Waals surface area contributed by atoms with E-state index in [-0.39, 0.29) is 12.3 Å². The maximum absolute atomic E-state index is 6.38. The van der Waals surface area contributed by atoms with Gasteiger partial charge in [0.2, 0.25) is 6.23 Å². The molecule has 0 bridgehead atoms. The van der Waals surface area contributed by atoms with E-state index in [2.05, 4.69) is 33.1 Å². The third-order valence-corrected chi connectivity index (χ3v) is 6.09. The molecule has 3 aromatic carbocycles. The Morgan fingerprint density at radius 3 is 2.55 bits per heavy atom. The summed E-state index contributed by atoms with van der Waals surface area (Å²) in [6, 6.07) is 22.1. The van der Waals surface area contributed by atoms with Gasteiger partial charge in [0.1, 0.15) is 11.5 Å². The minimum absolute atomic E-state index is 0.0724. The minimum Gasteiger partial charge on any atom is -0.497 e. The highest BCUT2D eigenvalue weighted by molar-refractivity contribution is 9.10. The molecule has 0 fully saturated rings. The maximum atomic E-state index is 6.38. The van der Waals surface area contributed by atoms with Crippen molar-refractivity contribution < 1.29 is 9.47 Å². The molecular formula is C23H18BrClN2O2. The maximum Gasteiger partial charge on any atom is 0.213 e. The van der Waals surface area contributed by atoms with Crippen LogP contribution in [-0.2, 0) is 0 Å². The van der Waals surface area contributed by atoms with Crippen molar-refractivity contribution in [2.24, 2.45) is 5.10 Å². The zero-order valence-electron chi connectivity index (χ0n) is 15.7. The second-order valence-electron chi connectivity index (χ2n) is 7.08. The molecule has 0 saturated heterocycles. The van der Waals surface area contributed by atoms with Crippen LogP contribution in [0.15, 0.2) is 76.3 Å². The molecule has 0 amide bonds. The van der Waals surface area contributed by atoms with Crippen LogP contribution in [0.5, 0.6) is 11.5 Å². The van der Waals surface area contributed by atoms with Crippen LogP contribution < -0.4 is 9.47 Å². The Kier molecular flexibility index (Phi) is 4.72. The smallest absolute Gasteiger partial charge is 0.213 e. The first-order valence-electron chi connectivity index (χ1n) is 9.34. The molecule has 146 valence electrons. The molecule has 6 heteroatoms. The number of benzene rings is 3. The van der Waals surface area contributed by atoms with Gasteiger partial charge < -0.3 is 9.47 Å². The average Bonchev–Trinajstić information content (AvgIpc) is 3.20. The predicted octanol–water partition coefficient (Wildman–Crippen LogP) is 6.35. The van der Waals surface area contributed by atoms with E-state index in [0.717, 1.165) is 44.8 Å². The highest BCUT2D eigenvalue weighted by atomic mass is 79.9. The molecule has 0 aliphatic carbocycles. The molecule has 2 heterocycles. The summed E-state index contributed by atoms with van der Waals surface area (Å²) in [6.45, 7) is 0. The van der Waals surface area contributed by atoms with Gasteiger partial charge in [0.05, 0.1) is 18.9 Å². The van der Waals surface area contributed by atoms with Crippen molar-refractivity contribution in [3.63, 3.8) is 0 Å². The summed E-state index contributed by atoms with van der Waals surface area (Å²) in [5.41, 5.74) is 4.24. The monoisotopic (exact) mass is 468 g/mol. The standard InChI is InChI=1S/C23H18BrClN2O2/c1-28-18-9-4-15(5-10-18)23-27-21(19-12-17(25)8-11-22(19)29-23)13-20(26-27)14-2-6-16(24)7-3-14/h2-12,21,23H,13H2,1H3/t21-,23-/m0/s1. The van der Waals surface area contributed by atoms with Gasteiger partial charge in [-0.3, -0.25) is 0 Å². The van der Waals surface area contributed by atoms with Crippen molar-refractivity contribution >= 4 is 33.2 Å². The Labute approximate surface area is 182 Å². The highest BCUT2D eigenvalue weighted by Gasteiger charge is 2.41. The summed E-state index contributed by atoms with van der Waals surface area (Å²) in [6.07, 6.45) is 0.484. The van der Waals surface area contributed by atoms with Crippen molar-refractivity contribution in [3.05, 3.63) is 92.9 Å². The average molecular weight is 470 g/mol. The van der Waals surface area contributed by atoms with Gasteiger partial charge in [0.25, 0.3) is 0 Å². The third kappa shape index (κ3) is 3.38. The van der Waals surface area contributed by atoms with E-state index < -0.39 is 0 Å². The number of hydrazone groups is 1. The SMILES string of the molecule is COc1ccc([C@@H]2Oc3ccc(Cl)cc3[C@@H]3CC(c4ccc(Br)cc4)=NN32)cc1. The first kappa shape index (κ1) is 18.5. The van der Waals surface area contributed by atoms with Gasteiger partial charge >= 0.3 is 0 Å². The first-order chi connectivity index (χ1) is 14.1. The van der Waals surface area contributed by atoms with Crippen LogP contribution in [0.25, 0.3) is 0 Å². The van der Waals surface area contributed by atoms with E-state index in [1.807, 2.05) is 54.6 Å². The van der Waals surface area contributed by atoms with E-state index in [4.69, 9.17) is 26.2 Å². The molecule has 2 aliphatic rings. The zero-order chi connectivity index (χ0) is 20.0. The molecule has 0 spiro atoms. The van der Waals surface area contributed by atoms with Gasteiger partial charge in [-0.2, -0.15) is 5.10 Å². The molecule has 2 aliphatic heterocycles. The molecule has 0 radical (unpaired) electrons. The van der Waals surface area contributed by atoms with Crippen molar-refractivity contribution in [2.45, 2.75) is 18.7 Å². The lowest BCUT2D eigenvalue weighted by Crippen LogP contribution is -2.33. The van der Waals surface area contributed by atoms with Crippen molar-refractivity contribution in [1.29, 1.82) is 0 Å². The van der Waals surface area contributed by atoms with Crippen molar-refractivity contribution in [1.82, 2.24) is 5.01 Å². The molecule has 4 nitrogen and oxygen atoms in total. The van der Waals surface area contributed by atoms with E-state index in [9.17, 15) is 0 Å². The number of hydrogen-bond donors (Lipinski definition) is 0.